The smallest absolute Gasteiger partial charge is 0.123 e. The van der Waals surface area contributed by atoms with Gasteiger partial charge in [0.2, 0.25) is 0 Å². The number of rotatable bonds is 2. The Morgan fingerprint density at radius 3 is 2.81 bits per heavy atom. The van der Waals surface area contributed by atoms with E-state index in [1.54, 1.807) is 16.9 Å². The van der Waals surface area contributed by atoms with Gasteiger partial charge in [-0.25, -0.2) is 4.39 Å². The molecular formula is C12H14FN3. The molecule has 1 aromatic heterocycles. The second-order valence-electron chi connectivity index (χ2n) is 3.93. The molecule has 0 aliphatic carbocycles. The van der Waals surface area contributed by atoms with Crippen molar-refractivity contribution < 1.29 is 4.39 Å². The van der Waals surface area contributed by atoms with E-state index >= 15 is 0 Å². The first-order valence-corrected chi connectivity index (χ1v) is 5.08. The molecule has 1 heterocycles. The van der Waals surface area contributed by atoms with Gasteiger partial charge in [-0.2, -0.15) is 5.10 Å². The zero-order valence-electron chi connectivity index (χ0n) is 9.31. The fourth-order valence-electron chi connectivity index (χ4n) is 1.73. The van der Waals surface area contributed by atoms with Gasteiger partial charge in [0.05, 0.1) is 12.2 Å². The van der Waals surface area contributed by atoms with Crippen LogP contribution in [0.1, 0.15) is 22.7 Å². The van der Waals surface area contributed by atoms with Gasteiger partial charge in [0.1, 0.15) is 5.82 Å². The molecule has 3 nitrogen and oxygen atoms in total. The van der Waals surface area contributed by atoms with Crippen LogP contribution in [0.4, 0.5) is 4.39 Å². The average molecular weight is 219 g/mol. The molecule has 0 spiro atoms. The van der Waals surface area contributed by atoms with E-state index in [1.165, 1.54) is 12.1 Å². The van der Waals surface area contributed by atoms with Crippen LogP contribution in [0.3, 0.4) is 0 Å². The van der Waals surface area contributed by atoms with Crippen molar-refractivity contribution in [3.05, 3.63) is 53.1 Å². The van der Waals surface area contributed by atoms with Crippen LogP contribution in [-0.4, -0.2) is 9.78 Å². The van der Waals surface area contributed by atoms with Crippen molar-refractivity contribution in [3.63, 3.8) is 0 Å². The van der Waals surface area contributed by atoms with Gasteiger partial charge in [-0.1, -0.05) is 6.07 Å². The molecule has 2 aromatic rings. The Labute approximate surface area is 93.7 Å². The van der Waals surface area contributed by atoms with Crippen molar-refractivity contribution in [2.45, 2.75) is 13.0 Å². The van der Waals surface area contributed by atoms with Gasteiger partial charge in [0.15, 0.2) is 0 Å². The Kier molecular flexibility index (Phi) is 2.75. The largest absolute Gasteiger partial charge is 0.320 e. The summed E-state index contributed by atoms with van der Waals surface area (Å²) in [7, 11) is 1.83. The molecule has 16 heavy (non-hydrogen) atoms. The van der Waals surface area contributed by atoms with Crippen molar-refractivity contribution in [3.8, 4) is 0 Å². The Morgan fingerprint density at radius 2 is 2.19 bits per heavy atom. The minimum atomic E-state index is -0.329. The quantitative estimate of drug-likeness (QED) is 0.838. The molecule has 2 N–H and O–H groups in total. The highest BCUT2D eigenvalue weighted by atomic mass is 19.1. The summed E-state index contributed by atoms with van der Waals surface area (Å²) in [5, 5.41) is 4.06. The topological polar surface area (TPSA) is 43.8 Å². The van der Waals surface area contributed by atoms with E-state index in [9.17, 15) is 4.39 Å². The normalized spacial score (nSPS) is 12.8. The van der Waals surface area contributed by atoms with E-state index in [2.05, 4.69) is 5.10 Å². The molecule has 0 saturated carbocycles. The average Bonchev–Trinajstić information content (AvgIpc) is 2.67. The van der Waals surface area contributed by atoms with E-state index in [1.807, 2.05) is 20.2 Å². The maximum atomic E-state index is 13.2. The van der Waals surface area contributed by atoms with Crippen LogP contribution < -0.4 is 5.73 Å². The second kappa shape index (κ2) is 4.06. The highest BCUT2D eigenvalue weighted by Crippen LogP contribution is 2.22. The van der Waals surface area contributed by atoms with Crippen molar-refractivity contribution in [2.24, 2.45) is 12.8 Å². The summed E-state index contributed by atoms with van der Waals surface area (Å²) in [5.74, 6) is -0.264. The number of hydrogen-bond donors (Lipinski definition) is 1. The summed E-state index contributed by atoms with van der Waals surface area (Å²) in [6, 6.07) is 4.33. The van der Waals surface area contributed by atoms with E-state index in [0.29, 0.717) is 0 Å². The molecule has 0 amide bonds. The minimum Gasteiger partial charge on any atom is -0.320 e. The monoisotopic (exact) mass is 219 g/mol. The third-order valence-corrected chi connectivity index (χ3v) is 2.66. The molecule has 0 saturated heterocycles. The molecule has 4 heteroatoms. The molecule has 1 atom stereocenters. The minimum absolute atomic E-state index is 0.264. The SMILES string of the molecule is Cc1ccc(F)cc1C(N)c1cnn(C)c1. The van der Waals surface area contributed by atoms with Gasteiger partial charge in [-0.15, -0.1) is 0 Å². The Morgan fingerprint density at radius 1 is 1.44 bits per heavy atom. The molecule has 84 valence electrons. The Hall–Kier alpha value is -1.68. The number of nitrogens with zero attached hydrogens (tertiary/aromatic N) is 2. The lowest BCUT2D eigenvalue weighted by Gasteiger charge is -2.13. The van der Waals surface area contributed by atoms with Crippen LogP contribution in [0.25, 0.3) is 0 Å². The molecule has 1 aromatic carbocycles. The van der Waals surface area contributed by atoms with Crippen molar-refractivity contribution in [1.29, 1.82) is 0 Å². The standard InChI is InChI=1S/C12H14FN3/c1-8-3-4-10(13)5-11(8)12(14)9-6-15-16(2)7-9/h3-7,12H,14H2,1-2H3. The molecule has 0 radical (unpaired) electrons. The molecule has 1 unspecified atom stereocenters. The van der Waals surface area contributed by atoms with Gasteiger partial charge >= 0.3 is 0 Å². The molecule has 0 aliphatic heterocycles. The lowest BCUT2D eigenvalue weighted by Crippen LogP contribution is -2.13. The number of hydrogen-bond acceptors (Lipinski definition) is 2. The molecule has 2 rings (SSSR count). The van der Waals surface area contributed by atoms with E-state index in [4.69, 9.17) is 5.73 Å². The zero-order valence-corrected chi connectivity index (χ0v) is 9.31. The van der Waals surface area contributed by atoms with Gasteiger partial charge in [0.25, 0.3) is 0 Å². The number of aryl methyl sites for hydroxylation is 2. The van der Waals surface area contributed by atoms with E-state index in [0.717, 1.165) is 16.7 Å². The fraction of sp³-hybridized carbons (Fsp3) is 0.250. The summed E-state index contributed by atoms with van der Waals surface area (Å²) in [4.78, 5) is 0. The van der Waals surface area contributed by atoms with Gasteiger partial charge in [-0.3, -0.25) is 4.68 Å². The van der Waals surface area contributed by atoms with Crippen LogP contribution in [0.2, 0.25) is 0 Å². The number of benzene rings is 1. The molecule has 0 aliphatic rings. The van der Waals surface area contributed by atoms with Crippen molar-refractivity contribution in [1.82, 2.24) is 9.78 Å². The molecule has 0 fully saturated rings. The number of halogens is 1. The summed E-state index contributed by atoms with van der Waals surface area (Å²) in [5.41, 5.74) is 8.75. The highest BCUT2D eigenvalue weighted by molar-refractivity contribution is 5.35. The highest BCUT2D eigenvalue weighted by Gasteiger charge is 2.13. The maximum absolute atomic E-state index is 13.2. The van der Waals surface area contributed by atoms with Crippen LogP contribution in [0, 0.1) is 12.7 Å². The maximum Gasteiger partial charge on any atom is 0.123 e. The third-order valence-electron chi connectivity index (χ3n) is 2.66. The van der Waals surface area contributed by atoms with Gasteiger partial charge in [-0.05, 0) is 30.2 Å². The van der Waals surface area contributed by atoms with E-state index in [-0.39, 0.29) is 11.9 Å². The summed E-state index contributed by atoms with van der Waals surface area (Å²) >= 11 is 0. The number of nitrogens with two attached hydrogens (primary N) is 1. The lowest BCUT2D eigenvalue weighted by atomic mass is 9.98. The summed E-state index contributed by atoms with van der Waals surface area (Å²) in [6.45, 7) is 1.92. The Bertz CT molecular complexity index is 505. The lowest BCUT2D eigenvalue weighted by molar-refractivity contribution is 0.622. The molecule has 0 bridgehead atoms. The summed E-state index contributed by atoms with van der Waals surface area (Å²) < 4.78 is 14.8. The summed E-state index contributed by atoms with van der Waals surface area (Å²) in [6.07, 6.45) is 3.55. The first-order valence-electron chi connectivity index (χ1n) is 5.08. The first-order chi connectivity index (χ1) is 7.58. The number of aromatic nitrogens is 2. The van der Waals surface area contributed by atoms with Crippen LogP contribution >= 0.6 is 0 Å². The predicted molar refractivity (Wildman–Crippen MR) is 60.4 cm³/mol. The van der Waals surface area contributed by atoms with E-state index < -0.39 is 0 Å². The van der Waals surface area contributed by atoms with Gasteiger partial charge in [0, 0.05) is 18.8 Å². The molecular weight excluding hydrogens is 205 g/mol. The van der Waals surface area contributed by atoms with Crippen LogP contribution in [0.15, 0.2) is 30.6 Å². The van der Waals surface area contributed by atoms with Gasteiger partial charge < -0.3 is 5.73 Å². The Balaban J connectivity index is 2.40. The zero-order chi connectivity index (χ0) is 11.7. The second-order valence-corrected chi connectivity index (χ2v) is 3.93. The van der Waals surface area contributed by atoms with Crippen molar-refractivity contribution >= 4 is 0 Å². The first kappa shape index (κ1) is 10.8. The van der Waals surface area contributed by atoms with Crippen molar-refractivity contribution in [2.75, 3.05) is 0 Å². The third kappa shape index (κ3) is 1.97. The predicted octanol–water partition coefficient (Wildman–Crippen LogP) is 1.92. The fourth-order valence-corrected chi connectivity index (χ4v) is 1.73. The van der Waals surface area contributed by atoms with Crippen LogP contribution in [-0.2, 0) is 7.05 Å². The van der Waals surface area contributed by atoms with Crippen LogP contribution in [0.5, 0.6) is 0 Å².